The molecule has 2 rings (SSSR count). The Labute approximate surface area is 108 Å². The van der Waals surface area contributed by atoms with Crippen molar-refractivity contribution in [3.05, 3.63) is 23.8 Å². The largest absolute Gasteiger partial charge is 0.493 e. The smallest absolute Gasteiger partial charge is 0.161 e. The highest BCUT2D eigenvalue weighted by Crippen LogP contribution is 2.35. The average Bonchev–Trinajstić information content (AvgIpc) is 2.47. The third-order valence-electron chi connectivity index (χ3n) is 3.78. The van der Waals surface area contributed by atoms with Gasteiger partial charge in [0.15, 0.2) is 11.5 Å². The fourth-order valence-corrected chi connectivity index (χ4v) is 2.64. The molecule has 1 saturated heterocycles. The second-order valence-electron chi connectivity index (χ2n) is 4.74. The molecule has 0 spiro atoms. The Morgan fingerprint density at radius 3 is 2.56 bits per heavy atom. The van der Waals surface area contributed by atoms with E-state index in [1.54, 1.807) is 14.2 Å². The van der Waals surface area contributed by atoms with Gasteiger partial charge in [-0.25, -0.2) is 0 Å². The monoisotopic (exact) mass is 250 g/mol. The van der Waals surface area contributed by atoms with Crippen LogP contribution in [0, 0.1) is 0 Å². The van der Waals surface area contributed by atoms with E-state index in [1.165, 1.54) is 18.4 Å². The number of nitrogens with one attached hydrogen (secondary N) is 1. The molecule has 1 heterocycles. The summed E-state index contributed by atoms with van der Waals surface area (Å²) in [6.45, 7) is 1.62. The van der Waals surface area contributed by atoms with Gasteiger partial charge >= 0.3 is 0 Å². The molecule has 0 amide bonds. The first-order valence-corrected chi connectivity index (χ1v) is 6.43. The molecule has 0 radical (unpaired) electrons. The number of rotatable bonds is 4. The molecule has 3 N–H and O–H groups in total. The van der Waals surface area contributed by atoms with Crippen LogP contribution in [0.25, 0.3) is 0 Å². The van der Waals surface area contributed by atoms with Crippen molar-refractivity contribution in [2.24, 2.45) is 5.73 Å². The number of piperidine rings is 1. The van der Waals surface area contributed by atoms with Gasteiger partial charge in [0.1, 0.15) is 0 Å². The Morgan fingerprint density at radius 2 is 2.00 bits per heavy atom. The Morgan fingerprint density at radius 1 is 1.22 bits per heavy atom. The van der Waals surface area contributed by atoms with Crippen LogP contribution in [0.1, 0.15) is 24.8 Å². The van der Waals surface area contributed by atoms with Gasteiger partial charge < -0.3 is 20.5 Å². The molecule has 18 heavy (non-hydrogen) atoms. The molecule has 100 valence electrons. The van der Waals surface area contributed by atoms with Crippen LogP contribution in [0.15, 0.2) is 18.2 Å². The molecule has 1 aromatic rings. The first-order valence-electron chi connectivity index (χ1n) is 6.43. The van der Waals surface area contributed by atoms with Crippen molar-refractivity contribution in [2.75, 3.05) is 27.3 Å². The van der Waals surface area contributed by atoms with Crippen molar-refractivity contribution in [1.29, 1.82) is 0 Å². The Hall–Kier alpha value is -1.26. The van der Waals surface area contributed by atoms with E-state index in [1.807, 2.05) is 12.1 Å². The zero-order valence-electron chi connectivity index (χ0n) is 11.2. The van der Waals surface area contributed by atoms with Crippen LogP contribution >= 0.6 is 0 Å². The molecule has 1 aromatic carbocycles. The summed E-state index contributed by atoms with van der Waals surface area (Å²) in [5.74, 6) is 1.51. The molecule has 0 bridgehead atoms. The average molecular weight is 250 g/mol. The van der Waals surface area contributed by atoms with Crippen molar-refractivity contribution < 1.29 is 9.47 Å². The van der Waals surface area contributed by atoms with Crippen LogP contribution in [0.4, 0.5) is 0 Å². The molecule has 1 unspecified atom stereocenters. The summed E-state index contributed by atoms with van der Waals surface area (Å²) < 4.78 is 10.6. The molecule has 0 aromatic heterocycles. The lowest BCUT2D eigenvalue weighted by Crippen LogP contribution is -2.51. The molecule has 4 nitrogen and oxygen atoms in total. The van der Waals surface area contributed by atoms with Crippen LogP contribution in [0.3, 0.4) is 0 Å². The second kappa shape index (κ2) is 5.59. The molecule has 1 aliphatic heterocycles. The number of methoxy groups -OCH3 is 2. The summed E-state index contributed by atoms with van der Waals surface area (Å²) in [6.07, 6.45) is 3.49. The molecular weight excluding hydrogens is 228 g/mol. The van der Waals surface area contributed by atoms with Crippen LogP contribution in [-0.4, -0.2) is 27.3 Å². The minimum absolute atomic E-state index is 0.113. The van der Waals surface area contributed by atoms with E-state index in [9.17, 15) is 0 Å². The van der Waals surface area contributed by atoms with Gasteiger partial charge in [0, 0.05) is 6.54 Å². The van der Waals surface area contributed by atoms with Gasteiger partial charge in [0.25, 0.3) is 0 Å². The predicted octanol–water partition coefficient (Wildman–Crippen LogP) is 1.63. The lowest BCUT2D eigenvalue weighted by atomic mass is 9.82. The SMILES string of the molecule is COc1ccc(C2(CN)CCCCN2)cc1OC. The van der Waals surface area contributed by atoms with Gasteiger partial charge in [-0.15, -0.1) is 0 Å². The van der Waals surface area contributed by atoms with E-state index in [0.717, 1.165) is 24.5 Å². The summed E-state index contributed by atoms with van der Waals surface area (Å²) in [4.78, 5) is 0. The quantitative estimate of drug-likeness (QED) is 0.853. The zero-order chi connectivity index (χ0) is 13.0. The summed E-state index contributed by atoms with van der Waals surface area (Å²) in [7, 11) is 3.31. The molecule has 0 saturated carbocycles. The predicted molar refractivity (Wildman–Crippen MR) is 72.1 cm³/mol. The topological polar surface area (TPSA) is 56.5 Å². The molecular formula is C14H22N2O2. The van der Waals surface area contributed by atoms with Gasteiger partial charge in [-0.05, 0) is 43.5 Å². The fraction of sp³-hybridized carbons (Fsp3) is 0.571. The van der Waals surface area contributed by atoms with Crippen LogP contribution < -0.4 is 20.5 Å². The highest BCUT2D eigenvalue weighted by Gasteiger charge is 2.32. The highest BCUT2D eigenvalue weighted by atomic mass is 16.5. The number of benzene rings is 1. The van der Waals surface area contributed by atoms with Gasteiger partial charge in [0.2, 0.25) is 0 Å². The van der Waals surface area contributed by atoms with Crippen LogP contribution in [-0.2, 0) is 5.54 Å². The van der Waals surface area contributed by atoms with E-state index < -0.39 is 0 Å². The normalized spacial score (nSPS) is 23.7. The van der Waals surface area contributed by atoms with Gasteiger partial charge in [0.05, 0.1) is 19.8 Å². The Kier molecular flexibility index (Phi) is 4.09. The minimum Gasteiger partial charge on any atom is -0.493 e. The Bertz CT molecular complexity index is 401. The second-order valence-corrected chi connectivity index (χ2v) is 4.74. The summed E-state index contributed by atoms with van der Waals surface area (Å²) in [6, 6.07) is 6.05. The summed E-state index contributed by atoms with van der Waals surface area (Å²) in [5.41, 5.74) is 7.07. The standard InChI is InChI=1S/C14H22N2O2/c1-17-12-6-5-11(9-13(12)18-2)14(10-15)7-3-4-8-16-14/h5-6,9,16H,3-4,7-8,10,15H2,1-2H3. The van der Waals surface area contributed by atoms with Crippen LogP contribution in [0.5, 0.6) is 11.5 Å². The van der Waals surface area contributed by atoms with E-state index in [4.69, 9.17) is 15.2 Å². The molecule has 1 aliphatic rings. The van der Waals surface area contributed by atoms with Crippen molar-refractivity contribution in [1.82, 2.24) is 5.32 Å². The maximum atomic E-state index is 6.00. The van der Waals surface area contributed by atoms with Crippen molar-refractivity contribution in [3.63, 3.8) is 0 Å². The molecule has 4 heteroatoms. The molecule has 1 atom stereocenters. The first-order chi connectivity index (χ1) is 8.75. The lowest BCUT2D eigenvalue weighted by Gasteiger charge is -2.38. The molecule has 1 fully saturated rings. The van der Waals surface area contributed by atoms with Gasteiger partial charge in [-0.2, -0.15) is 0 Å². The van der Waals surface area contributed by atoms with E-state index in [-0.39, 0.29) is 5.54 Å². The van der Waals surface area contributed by atoms with E-state index >= 15 is 0 Å². The third-order valence-corrected chi connectivity index (χ3v) is 3.78. The van der Waals surface area contributed by atoms with Crippen molar-refractivity contribution >= 4 is 0 Å². The van der Waals surface area contributed by atoms with Crippen molar-refractivity contribution in [2.45, 2.75) is 24.8 Å². The minimum atomic E-state index is -0.113. The first kappa shape index (κ1) is 13.2. The lowest BCUT2D eigenvalue weighted by molar-refractivity contribution is 0.264. The number of ether oxygens (including phenoxy) is 2. The fourth-order valence-electron chi connectivity index (χ4n) is 2.64. The Balaban J connectivity index is 2.36. The van der Waals surface area contributed by atoms with E-state index in [0.29, 0.717) is 6.54 Å². The van der Waals surface area contributed by atoms with Crippen molar-refractivity contribution in [3.8, 4) is 11.5 Å². The maximum absolute atomic E-state index is 6.00. The summed E-state index contributed by atoms with van der Waals surface area (Å²) >= 11 is 0. The number of hydrogen-bond acceptors (Lipinski definition) is 4. The number of nitrogens with two attached hydrogens (primary N) is 1. The third kappa shape index (κ3) is 2.31. The van der Waals surface area contributed by atoms with Gasteiger partial charge in [-0.1, -0.05) is 6.07 Å². The van der Waals surface area contributed by atoms with E-state index in [2.05, 4.69) is 11.4 Å². The van der Waals surface area contributed by atoms with Gasteiger partial charge in [-0.3, -0.25) is 0 Å². The highest BCUT2D eigenvalue weighted by molar-refractivity contribution is 5.45. The molecule has 0 aliphatic carbocycles. The van der Waals surface area contributed by atoms with Crippen LogP contribution in [0.2, 0.25) is 0 Å². The number of hydrogen-bond donors (Lipinski definition) is 2. The maximum Gasteiger partial charge on any atom is 0.161 e. The zero-order valence-corrected chi connectivity index (χ0v) is 11.2. The summed E-state index contributed by atoms with van der Waals surface area (Å²) in [5, 5.41) is 3.57.